The quantitative estimate of drug-likeness (QED) is 0.102. The van der Waals surface area contributed by atoms with Gasteiger partial charge in [0.05, 0.1) is 25.6 Å². The van der Waals surface area contributed by atoms with Crippen molar-refractivity contribution >= 4 is 17.6 Å². The third-order valence-electron chi connectivity index (χ3n) is 6.23. The molecule has 0 amide bonds. The molecule has 0 aliphatic carbocycles. The van der Waals surface area contributed by atoms with Gasteiger partial charge in [-0.1, -0.05) is 115 Å². The molecule has 0 radical (unpaired) electrons. The zero-order valence-electron chi connectivity index (χ0n) is 22.9. The molecule has 0 spiro atoms. The first-order valence-corrected chi connectivity index (χ1v) is 17.3. The highest BCUT2D eigenvalue weighted by atomic mass is 32.2. The molecule has 3 N–H and O–H groups in total. The lowest BCUT2D eigenvalue weighted by atomic mass is 10.1. The number of benzene rings is 1. The lowest BCUT2D eigenvalue weighted by molar-refractivity contribution is 0.0471. The van der Waals surface area contributed by atoms with Crippen LogP contribution in [-0.4, -0.2) is 49.3 Å². The zero-order valence-corrected chi connectivity index (χ0v) is 24.6. The van der Waals surface area contributed by atoms with Gasteiger partial charge in [-0.05, 0) is 18.4 Å². The zero-order chi connectivity index (χ0) is 27.4. The first-order valence-electron chi connectivity index (χ1n) is 14.0. The van der Waals surface area contributed by atoms with Gasteiger partial charge in [0.2, 0.25) is 10.0 Å². The fraction of sp³-hybridized carbons (Fsp3) is 0.778. The van der Waals surface area contributed by atoms with Crippen LogP contribution in [0.3, 0.4) is 0 Å². The van der Waals surface area contributed by atoms with Crippen molar-refractivity contribution in [3.05, 3.63) is 35.9 Å². The third kappa shape index (κ3) is 17.4. The van der Waals surface area contributed by atoms with Gasteiger partial charge < -0.3 is 19.3 Å². The lowest BCUT2D eigenvalue weighted by Gasteiger charge is -2.23. The fourth-order valence-electron chi connectivity index (χ4n) is 3.97. The van der Waals surface area contributed by atoms with Crippen molar-refractivity contribution in [2.45, 2.75) is 116 Å². The highest BCUT2D eigenvalue weighted by molar-refractivity contribution is 7.89. The molecule has 0 saturated heterocycles. The van der Waals surface area contributed by atoms with Crippen LogP contribution in [0.4, 0.5) is 0 Å². The Morgan fingerprint density at radius 2 is 1.43 bits per heavy atom. The molecule has 216 valence electrons. The normalized spacial score (nSPS) is 15.4. The van der Waals surface area contributed by atoms with Crippen LogP contribution in [0.15, 0.2) is 30.3 Å². The second-order valence-electron chi connectivity index (χ2n) is 9.80. The van der Waals surface area contributed by atoms with E-state index in [1.807, 2.05) is 30.3 Å². The van der Waals surface area contributed by atoms with Crippen molar-refractivity contribution in [1.82, 2.24) is 4.72 Å². The first-order chi connectivity index (χ1) is 17.7. The molecule has 0 aromatic heterocycles. The minimum absolute atomic E-state index is 0.0279. The summed E-state index contributed by atoms with van der Waals surface area (Å²) < 4.78 is 51.1. The van der Waals surface area contributed by atoms with Gasteiger partial charge in [-0.3, -0.25) is 4.57 Å². The molecule has 3 atom stereocenters. The van der Waals surface area contributed by atoms with Crippen molar-refractivity contribution < 1.29 is 32.2 Å². The van der Waals surface area contributed by atoms with Crippen LogP contribution in [0, 0.1) is 0 Å². The summed E-state index contributed by atoms with van der Waals surface area (Å²) in [6.07, 6.45) is 12.8. The maximum Gasteiger partial charge on any atom is 0.358 e. The Hall–Kier alpha value is -0.800. The average molecular weight is 564 g/mol. The molecule has 0 fully saturated rings. The number of nitrogens with one attached hydrogen (secondary N) is 1. The Kier molecular flexibility index (Phi) is 18.6. The first kappa shape index (κ1) is 34.2. The van der Waals surface area contributed by atoms with Crippen molar-refractivity contribution in [3.8, 4) is 0 Å². The van der Waals surface area contributed by atoms with E-state index >= 15 is 0 Å². The van der Waals surface area contributed by atoms with E-state index in [9.17, 15) is 23.0 Å². The van der Waals surface area contributed by atoms with E-state index in [1.54, 1.807) is 0 Å². The van der Waals surface area contributed by atoms with Gasteiger partial charge >= 0.3 is 7.60 Å². The van der Waals surface area contributed by atoms with E-state index in [0.29, 0.717) is 12.8 Å². The van der Waals surface area contributed by atoms with Crippen molar-refractivity contribution in [2.24, 2.45) is 0 Å². The van der Waals surface area contributed by atoms with Crippen molar-refractivity contribution in [1.29, 1.82) is 0 Å². The van der Waals surface area contributed by atoms with E-state index < -0.39 is 29.5 Å². The number of aliphatic hydroxyl groups is 1. The van der Waals surface area contributed by atoms with E-state index in [2.05, 4.69) is 18.6 Å². The predicted octanol–water partition coefficient (Wildman–Crippen LogP) is 6.12. The standard InChI is InChI=1S/C27H50NO7PS/c1-3-5-7-9-10-11-12-17-21-37(32,33)28-26(20-16-8-6-4-2)23-35-36(30,31)27(29)24-34-22-25-18-14-13-15-19-25/h13-15,18-19,26-29H,3-12,16-17,20-24H2,1-2H3,(H,30,31). The van der Waals surface area contributed by atoms with Crippen LogP contribution >= 0.6 is 7.60 Å². The highest BCUT2D eigenvalue weighted by Gasteiger charge is 2.32. The Labute approximate surface area is 225 Å². The highest BCUT2D eigenvalue weighted by Crippen LogP contribution is 2.46. The molecule has 0 aliphatic rings. The van der Waals surface area contributed by atoms with Gasteiger partial charge in [0.25, 0.3) is 0 Å². The van der Waals surface area contributed by atoms with Crippen LogP contribution in [0.1, 0.15) is 103 Å². The van der Waals surface area contributed by atoms with Crippen LogP contribution in [-0.2, 0) is 30.5 Å². The van der Waals surface area contributed by atoms with Crippen LogP contribution in [0.5, 0.6) is 0 Å². The molecule has 1 rings (SSSR count). The van der Waals surface area contributed by atoms with Gasteiger partial charge in [0, 0.05) is 6.04 Å². The maximum absolute atomic E-state index is 12.7. The van der Waals surface area contributed by atoms with E-state index in [4.69, 9.17) is 9.26 Å². The number of aliphatic hydroxyl groups excluding tert-OH is 1. The largest absolute Gasteiger partial charge is 0.378 e. The minimum Gasteiger partial charge on any atom is -0.378 e. The monoisotopic (exact) mass is 563 g/mol. The summed E-state index contributed by atoms with van der Waals surface area (Å²) in [5.74, 6) is -1.69. The summed E-state index contributed by atoms with van der Waals surface area (Å²) in [6.45, 7) is 3.82. The maximum atomic E-state index is 12.7. The van der Waals surface area contributed by atoms with Gasteiger partial charge in [-0.25, -0.2) is 13.1 Å². The molecular formula is C27H50NO7PS. The van der Waals surface area contributed by atoms with Crippen molar-refractivity contribution in [2.75, 3.05) is 19.0 Å². The van der Waals surface area contributed by atoms with Gasteiger partial charge in [-0.15, -0.1) is 0 Å². The fourth-order valence-corrected chi connectivity index (χ4v) is 6.22. The Morgan fingerprint density at radius 1 is 0.865 bits per heavy atom. The summed E-state index contributed by atoms with van der Waals surface area (Å²) in [7, 11) is -7.96. The number of hydrogen-bond acceptors (Lipinski definition) is 6. The van der Waals surface area contributed by atoms with Crippen molar-refractivity contribution in [3.63, 3.8) is 0 Å². The summed E-state index contributed by atoms with van der Waals surface area (Å²) in [5, 5.41) is 10.2. The molecule has 10 heteroatoms. The topological polar surface area (TPSA) is 122 Å². The summed E-state index contributed by atoms with van der Waals surface area (Å²) in [6, 6.07) is 8.65. The predicted molar refractivity (Wildman–Crippen MR) is 150 cm³/mol. The molecule has 3 unspecified atom stereocenters. The van der Waals surface area contributed by atoms with E-state index in [-0.39, 0.29) is 25.6 Å². The van der Waals surface area contributed by atoms with Gasteiger partial charge in [0.15, 0.2) is 5.85 Å². The summed E-state index contributed by atoms with van der Waals surface area (Å²) >= 11 is 0. The smallest absolute Gasteiger partial charge is 0.358 e. The number of ether oxygens (including phenoxy) is 1. The van der Waals surface area contributed by atoms with Gasteiger partial charge in [0.1, 0.15) is 0 Å². The average Bonchev–Trinajstić information content (AvgIpc) is 2.87. The van der Waals surface area contributed by atoms with Crippen LogP contribution in [0.25, 0.3) is 0 Å². The Balaban J connectivity index is 2.50. The number of unbranched alkanes of at least 4 members (excludes halogenated alkanes) is 10. The van der Waals surface area contributed by atoms with Gasteiger partial charge in [-0.2, -0.15) is 0 Å². The SMILES string of the molecule is CCCCCCCCCCS(=O)(=O)NC(CCCCCC)COP(=O)(O)C(O)COCc1ccccc1. The molecule has 1 aromatic carbocycles. The van der Waals surface area contributed by atoms with Crippen LogP contribution in [0.2, 0.25) is 0 Å². The number of rotatable bonds is 24. The third-order valence-corrected chi connectivity index (χ3v) is 9.17. The summed E-state index contributed by atoms with van der Waals surface area (Å²) in [4.78, 5) is 10.2. The molecule has 0 bridgehead atoms. The summed E-state index contributed by atoms with van der Waals surface area (Å²) in [5.41, 5.74) is 0.876. The molecular weight excluding hydrogens is 513 g/mol. The lowest BCUT2D eigenvalue weighted by Crippen LogP contribution is -2.39. The minimum atomic E-state index is -4.42. The second-order valence-corrected chi connectivity index (χ2v) is 13.7. The van der Waals surface area contributed by atoms with E-state index in [0.717, 1.165) is 50.5 Å². The second kappa shape index (κ2) is 20.2. The number of hydrogen-bond donors (Lipinski definition) is 3. The van der Waals surface area contributed by atoms with Crippen LogP contribution < -0.4 is 4.72 Å². The molecule has 37 heavy (non-hydrogen) atoms. The number of sulfonamides is 1. The molecule has 0 heterocycles. The molecule has 1 aromatic rings. The Morgan fingerprint density at radius 3 is 2.05 bits per heavy atom. The Bertz CT molecular complexity index is 838. The molecule has 0 aliphatic heterocycles. The molecule has 0 saturated carbocycles. The van der Waals surface area contributed by atoms with E-state index in [1.165, 1.54) is 25.7 Å². The molecule has 8 nitrogen and oxygen atoms in total.